The van der Waals surface area contributed by atoms with Crippen LogP contribution >= 0.6 is 0 Å². The fourth-order valence-corrected chi connectivity index (χ4v) is 3.71. The summed E-state index contributed by atoms with van der Waals surface area (Å²) in [5.74, 6) is -0.941. The summed E-state index contributed by atoms with van der Waals surface area (Å²) in [4.78, 5) is 14.4. The van der Waals surface area contributed by atoms with E-state index >= 15 is 0 Å². The second-order valence-corrected chi connectivity index (χ2v) is 7.50. The van der Waals surface area contributed by atoms with E-state index in [1.54, 1.807) is 24.1 Å². The zero-order chi connectivity index (χ0) is 21.3. The van der Waals surface area contributed by atoms with Gasteiger partial charge in [0.25, 0.3) is 11.7 Å². The summed E-state index contributed by atoms with van der Waals surface area (Å²) in [6.45, 7) is 7.59. The Morgan fingerprint density at radius 3 is 2.40 bits per heavy atom. The maximum atomic E-state index is 14.8. The van der Waals surface area contributed by atoms with Gasteiger partial charge in [0.1, 0.15) is 11.6 Å². The second-order valence-electron chi connectivity index (χ2n) is 7.50. The molecule has 4 rings (SSSR count). The van der Waals surface area contributed by atoms with E-state index in [0.717, 1.165) is 11.1 Å². The number of carbonyl (C=O) groups excluding carboxylic acids is 1. The van der Waals surface area contributed by atoms with E-state index in [9.17, 15) is 9.18 Å². The normalized spacial score (nSPS) is 20.2. The molecule has 0 saturated carbocycles. The van der Waals surface area contributed by atoms with Crippen molar-refractivity contribution in [1.82, 2.24) is 4.90 Å². The van der Waals surface area contributed by atoms with Gasteiger partial charge in [-0.3, -0.25) is 4.79 Å². The molecule has 2 heterocycles. The summed E-state index contributed by atoms with van der Waals surface area (Å²) in [5.41, 5.74) is 1.53. The molecule has 0 aliphatic carbocycles. The van der Waals surface area contributed by atoms with Crippen molar-refractivity contribution >= 4 is 5.91 Å². The number of morpholine rings is 1. The number of methoxy groups -OCH3 is 1. The average molecular weight is 413 g/mol. The molecule has 1 atom stereocenters. The van der Waals surface area contributed by atoms with Crippen LogP contribution in [0.3, 0.4) is 0 Å². The first-order chi connectivity index (χ1) is 14.4. The van der Waals surface area contributed by atoms with Crippen LogP contribution in [0.25, 0.3) is 0 Å². The SMILES string of the molecule is C=C(C)CC1(c2ccc(OC)cc2)Oc2cc(F)c(C(=O)N3CCOCC3)cc2O1. The molecule has 0 radical (unpaired) electrons. The van der Waals surface area contributed by atoms with Crippen LogP contribution in [-0.2, 0) is 10.5 Å². The van der Waals surface area contributed by atoms with Gasteiger partial charge in [-0.2, -0.15) is 0 Å². The number of hydrogen-bond acceptors (Lipinski definition) is 5. The summed E-state index contributed by atoms with van der Waals surface area (Å²) in [6.07, 6.45) is 0.363. The first-order valence-electron chi connectivity index (χ1n) is 9.79. The maximum absolute atomic E-state index is 14.8. The minimum Gasteiger partial charge on any atom is -0.497 e. The number of benzene rings is 2. The predicted molar refractivity (Wildman–Crippen MR) is 108 cm³/mol. The lowest BCUT2D eigenvalue weighted by Gasteiger charge is -2.28. The molecule has 6 nitrogen and oxygen atoms in total. The van der Waals surface area contributed by atoms with Crippen molar-refractivity contribution in [1.29, 1.82) is 0 Å². The third kappa shape index (κ3) is 3.73. The number of halogens is 1. The number of hydrogen-bond donors (Lipinski definition) is 0. The first kappa shape index (κ1) is 20.2. The second kappa shape index (κ2) is 7.99. The standard InChI is InChI=1S/C23H24FNO5/c1-15(2)14-23(16-4-6-17(27-3)7-5-16)29-20-12-18(19(24)13-21(20)30-23)22(26)25-8-10-28-11-9-25/h4-7,12-13H,1,8-11,14H2,2-3H3. The fraction of sp³-hybridized carbons (Fsp3) is 0.348. The molecule has 2 aromatic rings. The molecular weight excluding hydrogens is 389 g/mol. The third-order valence-corrected chi connectivity index (χ3v) is 5.18. The van der Waals surface area contributed by atoms with Crippen LogP contribution in [0.1, 0.15) is 29.3 Å². The number of amides is 1. The highest BCUT2D eigenvalue weighted by Crippen LogP contribution is 2.48. The molecule has 1 amide bonds. The van der Waals surface area contributed by atoms with Gasteiger partial charge in [-0.05, 0) is 37.3 Å². The summed E-state index contributed by atoms with van der Waals surface area (Å²) in [6, 6.07) is 9.92. The predicted octanol–water partition coefficient (Wildman–Crippen LogP) is 3.90. The fourth-order valence-electron chi connectivity index (χ4n) is 3.71. The van der Waals surface area contributed by atoms with Crippen LogP contribution in [0.2, 0.25) is 0 Å². The zero-order valence-electron chi connectivity index (χ0n) is 17.1. The summed E-state index contributed by atoms with van der Waals surface area (Å²) < 4.78 is 37.6. The lowest BCUT2D eigenvalue weighted by molar-refractivity contribution is -0.0853. The van der Waals surface area contributed by atoms with Gasteiger partial charge in [0, 0.05) is 24.7 Å². The van der Waals surface area contributed by atoms with Gasteiger partial charge in [-0.25, -0.2) is 4.39 Å². The minimum absolute atomic E-state index is 0.0416. The first-order valence-corrected chi connectivity index (χ1v) is 9.79. The Kier molecular flexibility index (Phi) is 5.39. The van der Waals surface area contributed by atoms with E-state index in [1.165, 1.54) is 12.1 Å². The van der Waals surface area contributed by atoms with Gasteiger partial charge < -0.3 is 23.8 Å². The zero-order valence-corrected chi connectivity index (χ0v) is 17.1. The number of nitrogens with zero attached hydrogens (tertiary/aromatic N) is 1. The molecule has 0 N–H and O–H groups in total. The number of rotatable bonds is 5. The summed E-state index contributed by atoms with van der Waals surface area (Å²) >= 11 is 0. The molecule has 0 bridgehead atoms. The van der Waals surface area contributed by atoms with Crippen molar-refractivity contribution < 1.29 is 28.1 Å². The molecule has 2 aliphatic heterocycles. The molecule has 0 aromatic heterocycles. The average Bonchev–Trinajstić information content (AvgIpc) is 3.10. The Hall–Kier alpha value is -3.06. The molecule has 158 valence electrons. The Morgan fingerprint density at radius 1 is 1.17 bits per heavy atom. The monoisotopic (exact) mass is 413 g/mol. The highest BCUT2D eigenvalue weighted by Gasteiger charge is 2.44. The van der Waals surface area contributed by atoms with E-state index in [2.05, 4.69) is 6.58 Å². The van der Waals surface area contributed by atoms with Crippen molar-refractivity contribution in [3.8, 4) is 17.2 Å². The molecule has 2 aromatic carbocycles. The van der Waals surface area contributed by atoms with E-state index in [1.807, 2.05) is 19.1 Å². The van der Waals surface area contributed by atoms with Crippen molar-refractivity contribution in [3.63, 3.8) is 0 Å². The van der Waals surface area contributed by atoms with Crippen LogP contribution in [-0.4, -0.2) is 44.2 Å². The number of fused-ring (bicyclic) bond motifs is 1. The van der Waals surface area contributed by atoms with Gasteiger partial charge in [-0.15, -0.1) is 0 Å². The molecular formula is C23H24FNO5. The molecule has 7 heteroatoms. The maximum Gasteiger partial charge on any atom is 0.282 e. The van der Waals surface area contributed by atoms with E-state index in [0.29, 0.717) is 44.2 Å². The topological polar surface area (TPSA) is 57.2 Å². The van der Waals surface area contributed by atoms with Gasteiger partial charge in [0.15, 0.2) is 11.5 Å². The van der Waals surface area contributed by atoms with Crippen LogP contribution in [0.5, 0.6) is 17.2 Å². The van der Waals surface area contributed by atoms with Gasteiger partial charge >= 0.3 is 0 Å². The molecule has 1 unspecified atom stereocenters. The lowest BCUT2D eigenvalue weighted by atomic mass is 9.98. The quantitative estimate of drug-likeness (QED) is 0.696. The molecule has 2 aliphatic rings. The summed E-state index contributed by atoms with van der Waals surface area (Å²) in [7, 11) is 1.59. The van der Waals surface area contributed by atoms with Crippen molar-refractivity contribution in [2.45, 2.75) is 19.1 Å². The smallest absolute Gasteiger partial charge is 0.282 e. The Balaban J connectivity index is 1.68. The van der Waals surface area contributed by atoms with E-state index in [4.69, 9.17) is 18.9 Å². The van der Waals surface area contributed by atoms with Crippen molar-refractivity contribution in [2.24, 2.45) is 0 Å². The Labute approximate surface area is 174 Å². The largest absolute Gasteiger partial charge is 0.497 e. The summed E-state index contributed by atoms with van der Waals surface area (Å²) in [5, 5.41) is 0. The molecule has 30 heavy (non-hydrogen) atoms. The molecule has 0 spiro atoms. The highest BCUT2D eigenvalue weighted by atomic mass is 19.1. The third-order valence-electron chi connectivity index (χ3n) is 5.18. The van der Waals surface area contributed by atoms with Gasteiger partial charge in [0.05, 0.1) is 32.3 Å². The Bertz CT molecular complexity index is 968. The van der Waals surface area contributed by atoms with Crippen LogP contribution in [0.4, 0.5) is 4.39 Å². The van der Waals surface area contributed by atoms with Gasteiger partial charge in [0.2, 0.25) is 0 Å². The van der Waals surface area contributed by atoms with Crippen LogP contribution < -0.4 is 14.2 Å². The van der Waals surface area contributed by atoms with Crippen molar-refractivity contribution in [2.75, 3.05) is 33.4 Å². The molecule has 1 saturated heterocycles. The van der Waals surface area contributed by atoms with E-state index < -0.39 is 11.6 Å². The van der Waals surface area contributed by atoms with Crippen LogP contribution in [0, 0.1) is 5.82 Å². The van der Waals surface area contributed by atoms with Crippen LogP contribution in [0.15, 0.2) is 48.6 Å². The van der Waals surface area contributed by atoms with E-state index in [-0.39, 0.29) is 17.2 Å². The van der Waals surface area contributed by atoms with Gasteiger partial charge in [-0.1, -0.05) is 12.2 Å². The lowest BCUT2D eigenvalue weighted by Crippen LogP contribution is -2.41. The Morgan fingerprint density at radius 2 is 1.80 bits per heavy atom. The number of ether oxygens (including phenoxy) is 4. The number of carbonyl (C=O) groups is 1. The molecule has 1 fully saturated rings. The minimum atomic E-state index is -1.19. The van der Waals surface area contributed by atoms with Crippen molar-refractivity contribution in [3.05, 3.63) is 65.5 Å². The highest BCUT2D eigenvalue weighted by molar-refractivity contribution is 5.95.